The molecule has 0 aliphatic rings. The van der Waals surface area contributed by atoms with Crippen molar-refractivity contribution in [3.05, 3.63) is 34.4 Å². The molecule has 0 heterocycles. The molecule has 5 heteroatoms. The molecule has 1 aromatic carbocycles. The van der Waals surface area contributed by atoms with Crippen LogP contribution in [0.4, 0.5) is 8.78 Å². The van der Waals surface area contributed by atoms with Gasteiger partial charge in [-0.05, 0) is 19.1 Å². The van der Waals surface area contributed by atoms with E-state index in [2.05, 4.69) is 0 Å². The van der Waals surface area contributed by atoms with Crippen LogP contribution in [0.3, 0.4) is 0 Å². The SMILES string of the molecule is CC(=O)c1cc(C=O)cc(C(F)F)c1C#N. The maximum Gasteiger partial charge on any atom is 0.265 e. The normalized spacial score (nSPS) is 9.94. The first-order valence-electron chi connectivity index (χ1n) is 4.33. The summed E-state index contributed by atoms with van der Waals surface area (Å²) >= 11 is 0. The van der Waals surface area contributed by atoms with Crippen LogP contribution in [0.15, 0.2) is 12.1 Å². The summed E-state index contributed by atoms with van der Waals surface area (Å²) in [4.78, 5) is 21.7. The molecule has 1 rings (SSSR count). The zero-order valence-corrected chi connectivity index (χ0v) is 8.33. The van der Waals surface area contributed by atoms with Crippen molar-refractivity contribution in [2.24, 2.45) is 0 Å². The number of alkyl halides is 2. The second-order valence-electron chi connectivity index (χ2n) is 3.12. The summed E-state index contributed by atoms with van der Waals surface area (Å²) in [5, 5.41) is 8.74. The van der Waals surface area contributed by atoms with Crippen LogP contribution in [0.25, 0.3) is 0 Å². The Morgan fingerprint density at radius 1 is 1.50 bits per heavy atom. The fraction of sp³-hybridized carbons (Fsp3) is 0.182. The molecule has 0 amide bonds. The van der Waals surface area contributed by atoms with Gasteiger partial charge >= 0.3 is 0 Å². The van der Waals surface area contributed by atoms with Gasteiger partial charge in [-0.1, -0.05) is 0 Å². The molecule has 0 N–H and O–H groups in total. The van der Waals surface area contributed by atoms with E-state index in [1.165, 1.54) is 0 Å². The Morgan fingerprint density at radius 3 is 2.50 bits per heavy atom. The molecule has 0 unspecified atom stereocenters. The van der Waals surface area contributed by atoms with Crippen LogP contribution in [0.5, 0.6) is 0 Å². The lowest BCUT2D eigenvalue weighted by atomic mass is 9.96. The van der Waals surface area contributed by atoms with Gasteiger partial charge in [-0.3, -0.25) is 9.59 Å². The average Bonchev–Trinajstić information content (AvgIpc) is 2.26. The van der Waals surface area contributed by atoms with Crippen LogP contribution in [0.1, 0.15) is 45.2 Å². The quantitative estimate of drug-likeness (QED) is 0.584. The topological polar surface area (TPSA) is 57.9 Å². The van der Waals surface area contributed by atoms with E-state index in [0.29, 0.717) is 6.29 Å². The predicted octanol–water partition coefficient (Wildman–Crippen LogP) is 2.51. The fourth-order valence-electron chi connectivity index (χ4n) is 1.33. The second-order valence-corrected chi connectivity index (χ2v) is 3.12. The third-order valence-corrected chi connectivity index (χ3v) is 2.05. The van der Waals surface area contributed by atoms with Crippen LogP contribution < -0.4 is 0 Å². The third-order valence-electron chi connectivity index (χ3n) is 2.05. The van der Waals surface area contributed by atoms with E-state index in [1.807, 2.05) is 0 Å². The van der Waals surface area contributed by atoms with Crippen molar-refractivity contribution in [1.82, 2.24) is 0 Å². The number of carbonyl (C=O) groups excluding carboxylic acids is 2. The Hall–Kier alpha value is -2.09. The molecule has 82 valence electrons. The number of rotatable bonds is 3. The third kappa shape index (κ3) is 2.11. The fourth-order valence-corrected chi connectivity index (χ4v) is 1.33. The van der Waals surface area contributed by atoms with Gasteiger partial charge in [0.2, 0.25) is 0 Å². The van der Waals surface area contributed by atoms with Crippen LogP contribution in [-0.2, 0) is 0 Å². The Labute approximate surface area is 90.3 Å². The molecule has 0 fully saturated rings. The summed E-state index contributed by atoms with van der Waals surface area (Å²) in [6.07, 6.45) is -2.54. The summed E-state index contributed by atoms with van der Waals surface area (Å²) in [7, 11) is 0. The van der Waals surface area contributed by atoms with Gasteiger partial charge in [0, 0.05) is 16.7 Å². The van der Waals surface area contributed by atoms with E-state index in [-0.39, 0.29) is 16.7 Å². The molecule has 0 saturated carbocycles. The highest BCUT2D eigenvalue weighted by Gasteiger charge is 2.19. The van der Waals surface area contributed by atoms with Crippen molar-refractivity contribution < 1.29 is 18.4 Å². The maximum absolute atomic E-state index is 12.6. The van der Waals surface area contributed by atoms with Crippen LogP contribution in [0, 0.1) is 11.3 Å². The average molecular weight is 223 g/mol. The number of carbonyl (C=O) groups is 2. The Morgan fingerprint density at radius 2 is 2.12 bits per heavy atom. The number of benzene rings is 1. The number of hydrogen-bond donors (Lipinski definition) is 0. The number of nitrogens with zero attached hydrogens (tertiary/aromatic N) is 1. The van der Waals surface area contributed by atoms with Gasteiger partial charge in [0.05, 0.1) is 5.56 Å². The van der Waals surface area contributed by atoms with Crippen molar-refractivity contribution >= 4 is 12.1 Å². The van der Waals surface area contributed by atoms with E-state index < -0.39 is 17.8 Å². The molecular formula is C11H7F2NO2. The van der Waals surface area contributed by atoms with Gasteiger partial charge in [0.1, 0.15) is 12.4 Å². The minimum Gasteiger partial charge on any atom is -0.298 e. The lowest BCUT2D eigenvalue weighted by molar-refractivity contribution is 0.101. The highest BCUT2D eigenvalue weighted by molar-refractivity contribution is 5.98. The molecule has 0 aromatic heterocycles. The van der Waals surface area contributed by atoms with Crippen LogP contribution >= 0.6 is 0 Å². The number of hydrogen-bond acceptors (Lipinski definition) is 3. The largest absolute Gasteiger partial charge is 0.298 e. The van der Waals surface area contributed by atoms with Crippen LogP contribution in [0.2, 0.25) is 0 Å². The summed E-state index contributed by atoms with van der Waals surface area (Å²) in [5.74, 6) is -0.526. The molecule has 1 aromatic rings. The van der Waals surface area contributed by atoms with Gasteiger partial charge < -0.3 is 0 Å². The molecule has 0 aliphatic heterocycles. The van der Waals surface area contributed by atoms with E-state index >= 15 is 0 Å². The van der Waals surface area contributed by atoms with Crippen LogP contribution in [-0.4, -0.2) is 12.1 Å². The first-order chi connectivity index (χ1) is 7.51. The number of aldehydes is 1. The van der Waals surface area contributed by atoms with Gasteiger partial charge in [0.25, 0.3) is 6.43 Å². The van der Waals surface area contributed by atoms with Gasteiger partial charge in [-0.2, -0.15) is 5.26 Å². The minimum absolute atomic E-state index is 0.0421. The second kappa shape index (κ2) is 4.62. The molecular weight excluding hydrogens is 216 g/mol. The van der Waals surface area contributed by atoms with E-state index in [4.69, 9.17) is 5.26 Å². The first-order valence-corrected chi connectivity index (χ1v) is 4.33. The molecule has 3 nitrogen and oxygen atoms in total. The maximum atomic E-state index is 12.6. The summed E-state index contributed by atoms with van der Waals surface area (Å²) in [5.41, 5.74) is -1.15. The van der Waals surface area contributed by atoms with Crippen molar-refractivity contribution in [1.29, 1.82) is 5.26 Å². The van der Waals surface area contributed by atoms with Crippen molar-refractivity contribution in [2.75, 3.05) is 0 Å². The monoisotopic (exact) mass is 223 g/mol. The number of halogens is 2. The van der Waals surface area contributed by atoms with E-state index in [1.54, 1.807) is 6.07 Å². The lowest BCUT2D eigenvalue weighted by Crippen LogP contribution is -2.03. The summed E-state index contributed by atoms with van der Waals surface area (Å²) < 4.78 is 25.2. The highest BCUT2D eigenvalue weighted by Crippen LogP contribution is 2.26. The standard InChI is InChI=1S/C11H7F2NO2/c1-6(16)8-2-7(5-15)3-9(11(12)13)10(8)4-14/h2-3,5,11H,1H3. The summed E-state index contributed by atoms with van der Waals surface area (Å²) in [6.45, 7) is 1.15. The van der Waals surface area contributed by atoms with Gasteiger partial charge in [-0.15, -0.1) is 0 Å². The van der Waals surface area contributed by atoms with Gasteiger partial charge in [0.15, 0.2) is 5.78 Å². The molecule has 0 spiro atoms. The summed E-state index contributed by atoms with van der Waals surface area (Å²) in [6, 6.07) is 3.62. The molecule has 16 heavy (non-hydrogen) atoms. The molecule has 0 bridgehead atoms. The Bertz CT molecular complexity index is 489. The zero-order chi connectivity index (χ0) is 12.3. The predicted molar refractivity (Wildman–Crippen MR) is 51.5 cm³/mol. The first kappa shape index (κ1) is 12.0. The smallest absolute Gasteiger partial charge is 0.265 e. The van der Waals surface area contributed by atoms with Gasteiger partial charge in [-0.25, -0.2) is 8.78 Å². The zero-order valence-electron chi connectivity index (χ0n) is 8.33. The Kier molecular flexibility index (Phi) is 3.46. The van der Waals surface area contributed by atoms with E-state index in [0.717, 1.165) is 19.1 Å². The number of Topliss-reactive ketones (excluding diaryl/α,β-unsaturated/α-hetero) is 1. The highest BCUT2D eigenvalue weighted by atomic mass is 19.3. The molecule has 0 radical (unpaired) electrons. The number of ketones is 1. The van der Waals surface area contributed by atoms with Crippen molar-refractivity contribution in [3.8, 4) is 6.07 Å². The van der Waals surface area contributed by atoms with E-state index in [9.17, 15) is 18.4 Å². The van der Waals surface area contributed by atoms with Crippen molar-refractivity contribution in [2.45, 2.75) is 13.3 Å². The van der Waals surface area contributed by atoms with Crippen molar-refractivity contribution in [3.63, 3.8) is 0 Å². The minimum atomic E-state index is -2.90. The lowest BCUT2D eigenvalue weighted by Gasteiger charge is -2.07. The molecule has 0 saturated heterocycles. The molecule has 0 aliphatic carbocycles. The Balaban J connectivity index is 3.60. The number of nitriles is 1. The molecule has 0 atom stereocenters.